The van der Waals surface area contributed by atoms with E-state index in [1.807, 2.05) is 0 Å². The zero-order chi connectivity index (χ0) is 17.2. The maximum Gasteiger partial charge on any atom is 0.270 e. The predicted octanol–water partition coefficient (Wildman–Crippen LogP) is 1.88. The van der Waals surface area contributed by atoms with Crippen molar-refractivity contribution in [3.63, 3.8) is 0 Å². The van der Waals surface area contributed by atoms with E-state index in [4.69, 9.17) is 0 Å². The molecule has 24 heavy (non-hydrogen) atoms. The summed E-state index contributed by atoms with van der Waals surface area (Å²) in [6.07, 6.45) is 1.84. The number of anilines is 2. The Morgan fingerprint density at radius 3 is 2.62 bits per heavy atom. The lowest BCUT2D eigenvalue weighted by Gasteiger charge is -2.11. The monoisotopic (exact) mass is 349 g/mol. The van der Waals surface area contributed by atoms with Crippen LogP contribution in [0.1, 0.15) is 16.9 Å². The van der Waals surface area contributed by atoms with Crippen LogP contribution in [0.3, 0.4) is 0 Å². The van der Waals surface area contributed by atoms with Gasteiger partial charge in [-0.3, -0.25) is 4.79 Å². The molecule has 0 radical (unpaired) electrons. The molecule has 1 fully saturated rings. The first-order valence-corrected chi connectivity index (χ1v) is 9.24. The summed E-state index contributed by atoms with van der Waals surface area (Å²) in [6.45, 7) is 0. The van der Waals surface area contributed by atoms with Gasteiger partial charge in [0.05, 0.1) is 29.1 Å². The molecular weight excluding hydrogens is 333 g/mol. The lowest BCUT2D eigenvalue weighted by molar-refractivity contribution is 0.0936. The van der Waals surface area contributed by atoms with E-state index in [1.54, 1.807) is 24.3 Å². The van der Waals surface area contributed by atoms with Crippen LogP contribution in [0.15, 0.2) is 42.6 Å². The molecule has 8 heteroatoms. The van der Waals surface area contributed by atoms with Crippen molar-refractivity contribution >= 4 is 27.1 Å². The van der Waals surface area contributed by atoms with Gasteiger partial charge in [0.2, 0.25) is 0 Å². The van der Waals surface area contributed by atoms with E-state index in [2.05, 4.69) is 15.6 Å². The standard InChI is InChI=1S/C16H16FN3O3S/c17-13-3-1-2-4-14(13)19-11-5-6-15(18-9-11)16(21)20-12-7-8-24(22,23)10-12/h1-6,9,12,19H,7-8,10H2,(H,20,21). The second-order valence-corrected chi connectivity index (χ2v) is 7.84. The number of benzene rings is 1. The Hall–Kier alpha value is -2.48. The molecule has 1 aliphatic heterocycles. The van der Waals surface area contributed by atoms with E-state index < -0.39 is 15.7 Å². The summed E-state index contributed by atoms with van der Waals surface area (Å²) in [5, 5.41) is 5.54. The fraction of sp³-hybridized carbons (Fsp3) is 0.250. The van der Waals surface area contributed by atoms with Gasteiger partial charge in [0.25, 0.3) is 5.91 Å². The van der Waals surface area contributed by atoms with Crippen LogP contribution in [0.4, 0.5) is 15.8 Å². The van der Waals surface area contributed by atoms with Crippen LogP contribution in [0.5, 0.6) is 0 Å². The summed E-state index contributed by atoms with van der Waals surface area (Å²) >= 11 is 0. The van der Waals surface area contributed by atoms with Crippen molar-refractivity contribution in [1.82, 2.24) is 10.3 Å². The molecule has 1 aromatic carbocycles. The number of sulfone groups is 1. The molecule has 1 unspecified atom stereocenters. The molecule has 3 rings (SSSR count). The minimum absolute atomic E-state index is 0.0360. The first kappa shape index (κ1) is 16.4. The van der Waals surface area contributed by atoms with Gasteiger partial charge in [0.1, 0.15) is 11.5 Å². The van der Waals surface area contributed by atoms with Crippen molar-refractivity contribution in [3.8, 4) is 0 Å². The molecule has 1 atom stereocenters. The number of hydrogen-bond acceptors (Lipinski definition) is 5. The number of amides is 1. The quantitative estimate of drug-likeness (QED) is 0.880. The second kappa shape index (κ2) is 6.56. The molecule has 1 aliphatic rings. The zero-order valence-electron chi connectivity index (χ0n) is 12.7. The van der Waals surface area contributed by atoms with E-state index in [1.165, 1.54) is 18.3 Å². The van der Waals surface area contributed by atoms with Gasteiger partial charge in [0.15, 0.2) is 9.84 Å². The van der Waals surface area contributed by atoms with Crippen molar-refractivity contribution in [3.05, 3.63) is 54.1 Å². The molecule has 2 N–H and O–H groups in total. The summed E-state index contributed by atoms with van der Waals surface area (Å²) in [6, 6.07) is 8.97. The third kappa shape index (κ3) is 3.88. The number of nitrogens with zero attached hydrogens (tertiary/aromatic N) is 1. The Kier molecular flexibility index (Phi) is 4.48. The normalized spacial score (nSPS) is 19.0. The lowest BCUT2D eigenvalue weighted by Crippen LogP contribution is -2.36. The molecule has 6 nitrogen and oxygen atoms in total. The Bertz CT molecular complexity index is 853. The molecule has 0 aliphatic carbocycles. The van der Waals surface area contributed by atoms with Gasteiger partial charge in [-0.25, -0.2) is 17.8 Å². The Labute approximate surface area is 139 Å². The van der Waals surface area contributed by atoms with Gasteiger partial charge in [-0.05, 0) is 30.7 Å². The molecule has 126 valence electrons. The van der Waals surface area contributed by atoms with Gasteiger partial charge in [0, 0.05) is 6.04 Å². The van der Waals surface area contributed by atoms with Gasteiger partial charge < -0.3 is 10.6 Å². The Balaban J connectivity index is 1.64. The number of pyridine rings is 1. The largest absolute Gasteiger partial charge is 0.352 e. The fourth-order valence-corrected chi connectivity index (χ4v) is 4.16. The topological polar surface area (TPSA) is 88.2 Å². The number of para-hydroxylation sites is 1. The van der Waals surface area contributed by atoms with Crippen molar-refractivity contribution in [2.75, 3.05) is 16.8 Å². The second-order valence-electron chi connectivity index (χ2n) is 5.61. The number of carbonyl (C=O) groups is 1. The van der Waals surface area contributed by atoms with E-state index in [0.29, 0.717) is 17.8 Å². The highest BCUT2D eigenvalue weighted by atomic mass is 32.2. The molecule has 2 aromatic rings. The third-order valence-corrected chi connectivity index (χ3v) is 5.48. The Morgan fingerprint density at radius 1 is 1.21 bits per heavy atom. The van der Waals surface area contributed by atoms with E-state index >= 15 is 0 Å². The van der Waals surface area contributed by atoms with Crippen molar-refractivity contribution in [1.29, 1.82) is 0 Å². The van der Waals surface area contributed by atoms with Crippen molar-refractivity contribution in [2.45, 2.75) is 12.5 Å². The maximum absolute atomic E-state index is 13.6. The number of halogens is 1. The number of nitrogens with one attached hydrogen (secondary N) is 2. The van der Waals surface area contributed by atoms with Crippen molar-refractivity contribution < 1.29 is 17.6 Å². The number of hydrogen-bond donors (Lipinski definition) is 2. The zero-order valence-corrected chi connectivity index (χ0v) is 13.5. The highest BCUT2D eigenvalue weighted by Gasteiger charge is 2.29. The molecule has 1 saturated heterocycles. The number of aromatic nitrogens is 1. The average molecular weight is 349 g/mol. The lowest BCUT2D eigenvalue weighted by atomic mass is 10.2. The van der Waals surface area contributed by atoms with Gasteiger partial charge >= 0.3 is 0 Å². The van der Waals surface area contributed by atoms with Crippen LogP contribution in [-0.4, -0.2) is 36.9 Å². The maximum atomic E-state index is 13.6. The number of rotatable bonds is 4. The summed E-state index contributed by atoms with van der Waals surface area (Å²) in [7, 11) is -3.05. The molecule has 2 heterocycles. The fourth-order valence-electron chi connectivity index (χ4n) is 2.49. The first-order chi connectivity index (χ1) is 11.4. The molecular formula is C16H16FN3O3S. The molecule has 0 saturated carbocycles. The van der Waals surface area contributed by atoms with E-state index in [0.717, 1.165) is 0 Å². The molecule has 1 amide bonds. The third-order valence-electron chi connectivity index (χ3n) is 3.72. The highest BCUT2D eigenvalue weighted by Crippen LogP contribution is 2.19. The van der Waals surface area contributed by atoms with E-state index in [9.17, 15) is 17.6 Å². The molecule has 1 aromatic heterocycles. The number of carbonyl (C=O) groups excluding carboxylic acids is 1. The molecule has 0 bridgehead atoms. The van der Waals surface area contributed by atoms with Gasteiger partial charge in [-0.1, -0.05) is 12.1 Å². The van der Waals surface area contributed by atoms with Crippen LogP contribution >= 0.6 is 0 Å². The van der Waals surface area contributed by atoms with Crippen LogP contribution in [0.2, 0.25) is 0 Å². The highest BCUT2D eigenvalue weighted by molar-refractivity contribution is 7.91. The van der Waals surface area contributed by atoms with E-state index in [-0.39, 0.29) is 29.1 Å². The van der Waals surface area contributed by atoms with Crippen LogP contribution in [0, 0.1) is 5.82 Å². The smallest absolute Gasteiger partial charge is 0.270 e. The van der Waals surface area contributed by atoms with Crippen molar-refractivity contribution in [2.24, 2.45) is 0 Å². The van der Waals surface area contributed by atoms with Crippen LogP contribution < -0.4 is 10.6 Å². The first-order valence-electron chi connectivity index (χ1n) is 7.42. The van der Waals surface area contributed by atoms with Crippen LogP contribution in [-0.2, 0) is 9.84 Å². The van der Waals surface area contributed by atoms with Gasteiger partial charge in [-0.2, -0.15) is 0 Å². The summed E-state index contributed by atoms with van der Waals surface area (Å²) in [4.78, 5) is 16.1. The van der Waals surface area contributed by atoms with Gasteiger partial charge in [-0.15, -0.1) is 0 Å². The predicted molar refractivity (Wildman–Crippen MR) is 88.4 cm³/mol. The Morgan fingerprint density at radius 2 is 2.00 bits per heavy atom. The average Bonchev–Trinajstić information content (AvgIpc) is 2.89. The minimum atomic E-state index is -3.05. The summed E-state index contributed by atoms with van der Waals surface area (Å²) in [5.74, 6) is -0.751. The minimum Gasteiger partial charge on any atom is -0.352 e. The summed E-state index contributed by atoms with van der Waals surface area (Å²) < 4.78 is 36.4. The molecule has 0 spiro atoms. The SMILES string of the molecule is O=C(NC1CCS(=O)(=O)C1)c1ccc(Nc2ccccc2F)cn1. The summed E-state index contributed by atoms with van der Waals surface area (Å²) in [5.41, 5.74) is 1.03. The van der Waals surface area contributed by atoms with Crippen LogP contribution in [0.25, 0.3) is 0 Å².